The summed E-state index contributed by atoms with van der Waals surface area (Å²) in [5, 5.41) is 6.85. The van der Waals surface area contributed by atoms with Crippen LogP contribution in [0.1, 0.15) is 104 Å². The molecule has 3 unspecified atom stereocenters. The summed E-state index contributed by atoms with van der Waals surface area (Å²) in [5.74, 6) is 1.74. The first-order valence-electron chi connectivity index (χ1n) is 18.9. The fourth-order valence-electron chi connectivity index (χ4n) is 6.47. The molecule has 12 heteroatoms. The van der Waals surface area contributed by atoms with Crippen LogP contribution in [-0.4, -0.2) is 64.9 Å². The largest absolute Gasteiger partial charge is 0.490 e. The Bertz CT molecular complexity index is 1670. The molecule has 2 fully saturated rings. The third kappa shape index (κ3) is 12.4. The first-order chi connectivity index (χ1) is 25.3. The lowest BCUT2D eigenvalue weighted by Crippen LogP contribution is -2.54. The van der Waals surface area contributed by atoms with Gasteiger partial charge in [0.2, 0.25) is 5.91 Å². The van der Waals surface area contributed by atoms with E-state index in [1.807, 2.05) is 64.1 Å². The van der Waals surface area contributed by atoms with Gasteiger partial charge in [0.05, 0.1) is 31.0 Å². The van der Waals surface area contributed by atoms with E-state index in [9.17, 15) is 14.4 Å². The van der Waals surface area contributed by atoms with E-state index in [0.29, 0.717) is 13.0 Å². The monoisotopic (exact) mass is 745 g/mol. The summed E-state index contributed by atoms with van der Waals surface area (Å²) in [7, 11) is 0. The quantitative estimate of drug-likeness (QED) is 0.109. The molecule has 286 valence electrons. The van der Waals surface area contributed by atoms with E-state index in [0.717, 1.165) is 90.8 Å². The van der Waals surface area contributed by atoms with Crippen LogP contribution in [0.4, 0.5) is 16.3 Å². The zero-order valence-corrected chi connectivity index (χ0v) is 32.8. The van der Waals surface area contributed by atoms with Gasteiger partial charge >= 0.3 is 12.1 Å². The van der Waals surface area contributed by atoms with Crippen LogP contribution in [0.25, 0.3) is 0 Å². The Morgan fingerprint density at radius 2 is 1.77 bits per heavy atom. The van der Waals surface area contributed by atoms with Gasteiger partial charge in [-0.1, -0.05) is 36.9 Å². The van der Waals surface area contributed by atoms with Gasteiger partial charge in [0.15, 0.2) is 0 Å². The highest BCUT2D eigenvalue weighted by molar-refractivity contribution is 7.99. The van der Waals surface area contributed by atoms with Gasteiger partial charge in [-0.25, -0.2) is 14.8 Å². The summed E-state index contributed by atoms with van der Waals surface area (Å²) in [5.41, 5.74) is 1.03. The third-order valence-electron chi connectivity index (χ3n) is 9.57. The van der Waals surface area contributed by atoms with Crippen molar-refractivity contribution in [3.63, 3.8) is 0 Å². The molecule has 2 amide bonds. The number of esters is 1. The molecule has 0 spiro atoms. The summed E-state index contributed by atoms with van der Waals surface area (Å²) in [6.07, 6.45) is 9.49. The highest BCUT2D eigenvalue weighted by Crippen LogP contribution is 2.48. The Balaban J connectivity index is 1.00. The third-order valence-corrected chi connectivity index (χ3v) is 10.5. The minimum Gasteiger partial charge on any atom is -0.490 e. The number of alkyl carbamates (subject to hydrolysis) is 1. The van der Waals surface area contributed by atoms with E-state index in [-0.39, 0.29) is 41.4 Å². The van der Waals surface area contributed by atoms with Crippen molar-refractivity contribution in [3.8, 4) is 5.75 Å². The number of nitrogens with zero attached hydrogens (tertiary/aromatic N) is 3. The van der Waals surface area contributed by atoms with E-state index in [4.69, 9.17) is 14.2 Å². The predicted octanol–water partition coefficient (Wildman–Crippen LogP) is 8.53. The zero-order valence-electron chi connectivity index (χ0n) is 32.0. The SMILES string of the molecule is CCOC(=O)C1CC1c1ccc(OC(CC)CCCCC(=O)Nc2cccc(Sc3cnc(N4CCC(C)(NC(=O)OC(C)(C)C)CC4)cn3)c2)cc1. The van der Waals surface area contributed by atoms with Gasteiger partial charge in [-0.05, 0) is 121 Å². The molecule has 1 aliphatic heterocycles. The van der Waals surface area contributed by atoms with Crippen LogP contribution >= 0.6 is 11.8 Å². The molecule has 3 aromatic rings. The zero-order chi connectivity index (χ0) is 38.0. The predicted molar refractivity (Wildman–Crippen MR) is 208 cm³/mol. The summed E-state index contributed by atoms with van der Waals surface area (Å²) in [4.78, 5) is 49.5. The van der Waals surface area contributed by atoms with E-state index in [1.165, 1.54) is 11.8 Å². The van der Waals surface area contributed by atoms with Crippen molar-refractivity contribution in [2.24, 2.45) is 5.92 Å². The fourth-order valence-corrected chi connectivity index (χ4v) is 7.26. The smallest absolute Gasteiger partial charge is 0.408 e. The Kier molecular flexibility index (Phi) is 13.6. The highest BCUT2D eigenvalue weighted by Gasteiger charge is 2.45. The maximum absolute atomic E-state index is 12.8. The normalized spacial score (nSPS) is 18.4. The van der Waals surface area contributed by atoms with Crippen molar-refractivity contribution in [3.05, 3.63) is 66.5 Å². The number of carbonyl (C=O) groups is 3. The van der Waals surface area contributed by atoms with Crippen LogP contribution in [0.2, 0.25) is 0 Å². The number of carbonyl (C=O) groups excluding carboxylic acids is 3. The topological polar surface area (TPSA) is 132 Å². The molecule has 1 saturated heterocycles. The molecule has 1 aromatic heterocycles. The van der Waals surface area contributed by atoms with Crippen LogP contribution in [0.15, 0.2) is 70.8 Å². The second-order valence-corrected chi connectivity index (χ2v) is 16.3. The van der Waals surface area contributed by atoms with Gasteiger partial charge in [0.1, 0.15) is 22.2 Å². The number of amides is 2. The minimum atomic E-state index is -0.533. The average molecular weight is 746 g/mol. The number of ether oxygens (including phenoxy) is 3. The standard InChI is InChI=1S/C41H55N5O6S/c1-7-30(51-31-18-16-28(17-19-31)33-25-34(33)38(48)50-8-2)13-9-10-15-36(47)44-29-12-11-14-32(24-29)53-37-27-42-35(26-43-37)46-22-20-41(6,21-23-46)45-39(49)52-40(3,4)5/h11-12,14,16-19,24,26-27,30,33-34H,7-10,13,15,20-23,25H2,1-6H3,(H,44,47)(H,45,49). The summed E-state index contributed by atoms with van der Waals surface area (Å²) >= 11 is 1.49. The van der Waals surface area contributed by atoms with Crippen LogP contribution < -0.4 is 20.3 Å². The molecule has 1 aliphatic carbocycles. The van der Waals surface area contributed by atoms with Gasteiger partial charge in [-0.3, -0.25) is 9.59 Å². The molecule has 5 rings (SSSR count). The van der Waals surface area contributed by atoms with Crippen LogP contribution in [0.3, 0.4) is 0 Å². The number of unbranched alkanes of at least 4 members (excludes halogenated alkanes) is 1. The molecule has 0 radical (unpaired) electrons. The number of benzene rings is 2. The van der Waals surface area contributed by atoms with Gasteiger partial charge in [-0.2, -0.15) is 0 Å². The van der Waals surface area contributed by atoms with Crippen molar-refractivity contribution in [1.29, 1.82) is 0 Å². The summed E-state index contributed by atoms with van der Waals surface area (Å²) in [6.45, 7) is 13.5. The number of anilines is 2. The van der Waals surface area contributed by atoms with E-state index in [1.54, 1.807) is 12.4 Å². The average Bonchev–Trinajstić information content (AvgIpc) is 3.91. The number of hydrogen-bond donors (Lipinski definition) is 2. The molecular weight excluding hydrogens is 691 g/mol. The molecule has 2 aliphatic rings. The Labute approximate surface area is 318 Å². The van der Waals surface area contributed by atoms with Crippen LogP contribution in [0.5, 0.6) is 5.75 Å². The summed E-state index contributed by atoms with van der Waals surface area (Å²) < 4.78 is 16.8. The molecule has 11 nitrogen and oxygen atoms in total. The molecule has 2 heterocycles. The number of hydrogen-bond acceptors (Lipinski definition) is 10. The van der Waals surface area contributed by atoms with Crippen molar-refractivity contribution in [1.82, 2.24) is 15.3 Å². The lowest BCUT2D eigenvalue weighted by molar-refractivity contribution is -0.144. The molecule has 2 aromatic carbocycles. The number of rotatable bonds is 16. The van der Waals surface area contributed by atoms with E-state index >= 15 is 0 Å². The minimum absolute atomic E-state index is 0.0130. The van der Waals surface area contributed by atoms with Gasteiger partial charge < -0.3 is 29.7 Å². The van der Waals surface area contributed by atoms with Gasteiger partial charge in [-0.15, -0.1) is 0 Å². The molecular formula is C41H55N5O6S. The van der Waals surface area contributed by atoms with Crippen molar-refractivity contribution in [2.45, 2.75) is 126 Å². The Morgan fingerprint density at radius 1 is 1.02 bits per heavy atom. The molecule has 0 bridgehead atoms. The van der Waals surface area contributed by atoms with Gasteiger partial charge in [0.25, 0.3) is 0 Å². The Morgan fingerprint density at radius 3 is 2.43 bits per heavy atom. The summed E-state index contributed by atoms with van der Waals surface area (Å²) in [6, 6.07) is 15.8. The lowest BCUT2D eigenvalue weighted by atomic mass is 9.90. The van der Waals surface area contributed by atoms with Crippen LogP contribution in [0, 0.1) is 5.92 Å². The maximum atomic E-state index is 12.8. The second-order valence-electron chi connectivity index (χ2n) is 15.2. The van der Waals surface area contributed by atoms with Gasteiger partial charge in [0, 0.05) is 35.6 Å². The van der Waals surface area contributed by atoms with Crippen molar-refractivity contribution < 1.29 is 28.6 Å². The lowest BCUT2D eigenvalue weighted by Gasteiger charge is -2.40. The molecule has 2 N–H and O–H groups in total. The fraction of sp³-hybridized carbons (Fsp3) is 0.537. The first-order valence-corrected chi connectivity index (χ1v) is 19.7. The Hall–Kier alpha value is -4.32. The number of piperidine rings is 1. The molecule has 3 atom stereocenters. The highest BCUT2D eigenvalue weighted by atomic mass is 32.2. The van der Waals surface area contributed by atoms with Crippen LogP contribution in [-0.2, 0) is 19.1 Å². The number of aromatic nitrogens is 2. The second kappa shape index (κ2) is 18.1. The maximum Gasteiger partial charge on any atom is 0.408 e. The van der Waals surface area contributed by atoms with Crippen molar-refractivity contribution >= 4 is 41.2 Å². The molecule has 1 saturated carbocycles. The molecule has 53 heavy (non-hydrogen) atoms. The van der Waals surface area contributed by atoms with E-state index in [2.05, 4.69) is 51.5 Å². The number of nitrogens with one attached hydrogen (secondary N) is 2. The van der Waals surface area contributed by atoms with Crippen molar-refractivity contribution in [2.75, 3.05) is 29.9 Å². The van der Waals surface area contributed by atoms with E-state index < -0.39 is 5.60 Å². The first kappa shape index (κ1) is 39.9.